The summed E-state index contributed by atoms with van der Waals surface area (Å²) >= 11 is 0. The molecule has 0 spiro atoms. The number of ether oxygens (including phenoxy) is 1. The van der Waals surface area contributed by atoms with Gasteiger partial charge in [0.1, 0.15) is 12.5 Å². The zero-order valence-electron chi connectivity index (χ0n) is 21.8. The zero-order valence-corrected chi connectivity index (χ0v) is 21.8. The Morgan fingerprint density at radius 2 is 1.89 bits per heavy atom. The Morgan fingerprint density at radius 1 is 1.22 bits per heavy atom. The van der Waals surface area contributed by atoms with E-state index in [1.165, 1.54) is 11.8 Å². The van der Waals surface area contributed by atoms with E-state index in [0.29, 0.717) is 6.42 Å². The van der Waals surface area contributed by atoms with Crippen molar-refractivity contribution >= 4 is 11.9 Å². The molecule has 3 rings (SSSR count). The van der Waals surface area contributed by atoms with Gasteiger partial charge in [0.25, 0.3) is 0 Å². The highest BCUT2D eigenvalue weighted by molar-refractivity contribution is 5.77. The van der Waals surface area contributed by atoms with Crippen LogP contribution < -0.4 is 0 Å². The molecule has 0 heterocycles. The molecule has 1 saturated carbocycles. The number of hydrogen-bond acceptors (Lipinski definition) is 4. The van der Waals surface area contributed by atoms with Gasteiger partial charge in [-0.1, -0.05) is 44.2 Å². The van der Waals surface area contributed by atoms with E-state index in [-0.39, 0.29) is 36.8 Å². The lowest BCUT2D eigenvalue weighted by molar-refractivity contribution is -0.163. The van der Waals surface area contributed by atoms with Crippen LogP contribution in [0.15, 0.2) is 35.9 Å². The van der Waals surface area contributed by atoms with Crippen molar-refractivity contribution in [2.45, 2.75) is 84.7 Å². The van der Waals surface area contributed by atoms with Crippen LogP contribution in [-0.4, -0.2) is 46.3 Å². The second-order valence-electron chi connectivity index (χ2n) is 10.8. The number of aryl methyl sites for hydroxylation is 1. The maximum atomic E-state index is 13.1. The first kappa shape index (κ1) is 28.2. The van der Waals surface area contributed by atoms with Gasteiger partial charge in [0, 0.05) is 32.4 Å². The molecule has 2 aliphatic rings. The Kier molecular flexibility index (Phi) is 8.59. The van der Waals surface area contributed by atoms with E-state index < -0.39 is 36.2 Å². The lowest BCUT2D eigenvalue weighted by Gasteiger charge is -2.53. The minimum Gasteiger partial charge on any atom is -0.458 e. The number of esters is 1. The van der Waals surface area contributed by atoms with Crippen LogP contribution in [0.1, 0.15) is 64.5 Å². The van der Waals surface area contributed by atoms with Gasteiger partial charge in [-0.25, -0.2) is 0 Å². The van der Waals surface area contributed by atoms with Gasteiger partial charge in [-0.2, -0.15) is 13.2 Å². The number of aliphatic hydroxyl groups is 1. The molecule has 0 aromatic heterocycles. The van der Waals surface area contributed by atoms with Crippen molar-refractivity contribution in [3.8, 4) is 0 Å². The highest BCUT2D eigenvalue weighted by atomic mass is 19.4. The largest absolute Gasteiger partial charge is 0.458 e. The van der Waals surface area contributed by atoms with E-state index in [1.54, 1.807) is 0 Å². The molecule has 1 aromatic rings. The Balaban J connectivity index is 1.86. The van der Waals surface area contributed by atoms with Gasteiger partial charge in [-0.3, -0.25) is 9.59 Å². The molecule has 0 aliphatic heterocycles. The lowest BCUT2D eigenvalue weighted by Crippen LogP contribution is -2.56. The van der Waals surface area contributed by atoms with Gasteiger partial charge in [0.2, 0.25) is 5.91 Å². The highest BCUT2D eigenvalue weighted by Gasteiger charge is 2.53. The number of rotatable bonds is 7. The summed E-state index contributed by atoms with van der Waals surface area (Å²) in [5.74, 6) is -1.79. The molecule has 1 unspecified atom stereocenters. The fourth-order valence-electron chi connectivity index (χ4n) is 6.01. The summed E-state index contributed by atoms with van der Waals surface area (Å²) in [6, 6.07) is 7.38. The van der Waals surface area contributed by atoms with Crippen LogP contribution in [0.3, 0.4) is 0 Å². The molecule has 0 bridgehead atoms. The van der Waals surface area contributed by atoms with Crippen molar-refractivity contribution in [2.24, 2.45) is 23.7 Å². The average Bonchev–Trinajstić information content (AvgIpc) is 2.75. The third-order valence-corrected chi connectivity index (χ3v) is 8.16. The van der Waals surface area contributed by atoms with E-state index in [4.69, 9.17) is 4.74 Å². The molecular formula is C28H38F3NO4. The van der Waals surface area contributed by atoms with Gasteiger partial charge >= 0.3 is 12.1 Å². The van der Waals surface area contributed by atoms with Crippen LogP contribution >= 0.6 is 0 Å². The van der Waals surface area contributed by atoms with Gasteiger partial charge in [0.15, 0.2) is 0 Å². The molecule has 8 heteroatoms. The number of amides is 1. The monoisotopic (exact) mass is 509 g/mol. The van der Waals surface area contributed by atoms with Gasteiger partial charge in [0.05, 0.1) is 5.60 Å². The molecule has 6 atom stereocenters. The van der Waals surface area contributed by atoms with Crippen molar-refractivity contribution in [1.29, 1.82) is 0 Å². The first-order chi connectivity index (χ1) is 16.7. The topological polar surface area (TPSA) is 66.8 Å². The zero-order chi connectivity index (χ0) is 26.8. The fourth-order valence-corrected chi connectivity index (χ4v) is 6.01. The fraction of sp³-hybridized carbons (Fsp3) is 0.643. The molecule has 1 N–H and O–H groups in total. The van der Waals surface area contributed by atoms with Gasteiger partial charge in [-0.15, -0.1) is 0 Å². The molecule has 1 aromatic carbocycles. The first-order valence-electron chi connectivity index (χ1n) is 12.7. The maximum Gasteiger partial charge on any atom is 0.397 e. The molecule has 0 radical (unpaired) electrons. The van der Waals surface area contributed by atoms with Crippen LogP contribution in [0.25, 0.3) is 0 Å². The van der Waals surface area contributed by atoms with Crippen molar-refractivity contribution in [2.75, 3.05) is 6.54 Å². The molecule has 5 nitrogen and oxygen atoms in total. The number of hydrogen-bond donors (Lipinski definition) is 1. The smallest absolute Gasteiger partial charge is 0.397 e. The number of carbonyl (C=O) groups excluding carboxylic acids is 2. The molecule has 36 heavy (non-hydrogen) atoms. The summed E-state index contributed by atoms with van der Waals surface area (Å²) in [5.41, 5.74) is 1.51. The van der Waals surface area contributed by atoms with Gasteiger partial charge < -0.3 is 14.7 Å². The molecule has 0 saturated heterocycles. The lowest BCUT2D eigenvalue weighted by atomic mass is 9.57. The minimum absolute atomic E-state index is 0.0247. The number of fused-ring (bicyclic) bond motifs is 1. The van der Waals surface area contributed by atoms with Crippen LogP contribution in [0, 0.1) is 30.6 Å². The predicted octanol–water partition coefficient (Wildman–Crippen LogP) is 5.59. The van der Waals surface area contributed by atoms with Crippen LogP contribution in [0.2, 0.25) is 0 Å². The number of alkyl halides is 3. The maximum absolute atomic E-state index is 13.1. The highest BCUT2D eigenvalue weighted by Crippen LogP contribution is 2.51. The van der Waals surface area contributed by atoms with E-state index in [1.807, 2.05) is 58.0 Å². The normalized spacial score (nSPS) is 29.1. The average molecular weight is 510 g/mol. The summed E-state index contributed by atoms with van der Waals surface area (Å²) in [5, 5.41) is 11.8. The third-order valence-electron chi connectivity index (χ3n) is 8.16. The van der Waals surface area contributed by atoms with Gasteiger partial charge in [-0.05, 0) is 61.1 Å². The van der Waals surface area contributed by atoms with Crippen LogP contribution in [0.4, 0.5) is 13.2 Å². The van der Waals surface area contributed by atoms with Crippen molar-refractivity contribution in [1.82, 2.24) is 4.90 Å². The standard InChI is InChI=1S/C28H38F3NO4/c1-17-8-6-7-9-22(17)16-32(26(34)14-28(29,30)31)15-19(3)23-11-10-20(4)27(35)13-25(36-21(5)33)18(2)12-24(23)27/h6-9,12,19-20,23-25,35H,10-11,13-16H2,1-5H3/t19?,20-,23+,24-,25-,27-/m1/s1. The Labute approximate surface area is 211 Å². The Morgan fingerprint density at radius 3 is 2.50 bits per heavy atom. The SMILES string of the molecule is CC(=O)O[C@@H]1C[C@@]2(O)[C@H](C)CC[C@@H](C(C)CN(Cc3ccccc3C)C(=O)CC(F)(F)F)[C@H]2C=C1C. The van der Waals surface area contributed by atoms with E-state index in [9.17, 15) is 27.9 Å². The predicted molar refractivity (Wildman–Crippen MR) is 131 cm³/mol. The van der Waals surface area contributed by atoms with E-state index >= 15 is 0 Å². The molecule has 2 aliphatic carbocycles. The summed E-state index contributed by atoms with van der Waals surface area (Å²) in [7, 11) is 0. The molecule has 1 amide bonds. The van der Waals surface area contributed by atoms with Crippen molar-refractivity contribution in [3.63, 3.8) is 0 Å². The number of benzene rings is 1. The molecule has 1 fully saturated rings. The van der Waals surface area contributed by atoms with E-state index in [0.717, 1.165) is 29.5 Å². The summed E-state index contributed by atoms with van der Waals surface area (Å²) in [6.07, 6.45) is -2.75. The third kappa shape index (κ3) is 6.50. The Bertz CT molecular complexity index is 991. The molecular weight excluding hydrogens is 471 g/mol. The number of halogens is 3. The quantitative estimate of drug-likeness (QED) is 0.385. The number of nitrogens with zero attached hydrogens (tertiary/aromatic N) is 1. The first-order valence-corrected chi connectivity index (χ1v) is 12.7. The second-order valence-corrected chi connectivity index (χ2v) is 10.8. The minimum atomic E-state index is -4.58. The summed E-state index contributed by atoms with van der Waals surface area (Å²) in [4.78, 5) is 25.7. The molecule has 200 valence electrons. The summed E-state index contributed by atoms with van der Waals surface area (Å²) in [6.45, 7) is 9.31. The Hall–Kier alpha value is -2.35. The van der Waals surface area contributed by atoms with Crippen LogP contribution in [0.5, 0.6) is 0 Å². The summed E-state index contributed by atoms with van der Waals surface area (Å²) < 4.78 is 44.9. The number of carbonyl (C=O) groups is 2. The van der Waals surface area contributed by atoms with Crippen LogP contribution in [-0.2, 0) is 20.9 Å². The van der Waals surface area contributed by atoms with E-state index in [2.05, 4.69) is 0 Å². The van der Waals surface area contributed by atoms with Crippen molar-refractivity contribution in [3.05, 3.63) is 47.0 Å². The second kappa shape index (κ2) is 11.0. The van der Waals surface area contributed by atoms with Crippen molar-refractivity contribution < 1.29 is 32.6 Å².